The summed E-state index contributed by atoms with van der Waals surface area (Å²) >= 11 is 5.74. The minimum absolute atomic E-state index is 0.102. The number of benzene rings is 2. The van der Waals surface area contributed by atoms with Crippen LogP contribution in [0.1, 0.15) is 41.4 Å². The highest BCUT2D eigenvalue weighted by Gasteiger charge is 2.22. The van der Waals surface area contributed by atoms with Crippen molar-refractivity contribution < 1.29 is 14.0 Å². The van der Waals surface area contributed by atoms with Gasteiger partial charge in [0, 0.05) is 22.6 Å². The van der Waals surface area contributed by atoms with E-state index < -0.39 is 11.8 Å². The van der Waals surface area contributed by atoms with Gasteiger partial charge >= 0.3 is 6.03 Å². The van der Waals surface area contributed by atoms with Crippen LogP contribution >= 0.6 is 11.6 Å². The van der Waals surface area contributed by atoms with E-state index >= 15 is 0 Å². The Kier molecular flexibility index (Phi) is 5.97. The number of nitrogen functional groups attached to an aromatic ring is 1. The molecule has 168 valence electrons. The lowest BCUT2D eigenvalue weighted by atomic mass is 10.0. The molecule has 0 saturated carbocycles. The standard InChI is InChI=1S/C23H20ClFN6O2/c1-12(2)19-10-16(20-22(26)27-11-28-31(19)20)21(32)13-4-3-5-14(8-13)29-23(33)30-15-6-7-18(25)17(24)9-15/h3-12H,1-2H3,(H2,26,27,28)(H2,29,30,33). The average Bonchev–Trinajstić information content (AvgIpc) is 3.17. The van der Waals surface area contributed by atoms with Crippen LogP contribution in [0, 0.1) is 5.82 Å². The zero-order chi connectivity index (χ0) is 23.7. The number of hydrogen-bond donors (Lipinski definition) is 3. The Balaban J connectivity index is 1.60. The van der Waals surface area contributed by atoms with Gasteiger partial charge < -0.3 is 16.4 Å². The van der Waals surface area contributed by atoms with Gasteiger partial charge in [0.05, 0.1) is 10.6 Å². The van der Waals surface area contributed by atoms with Crippen molar-refractivity contribution in [3.05, 3.63) is 82.5 Å². The molecule has 4 aromatic rings. The SMILES string of the molecule is CC(C)c1cc(C(=O)c2cccc(NC(=O)Nc3ccc(F)c(Cl)c3)c2)c2c(N)ncnn12. The molecule has 8 nitrogen and oxygen atoms in total. The highest BCUT2D eigenvalue weighted by Crippen LogP contribution is 2.27. The first-order chi connectivity index (χ1) is 15.7. The lowest BCUT2D eigenvalue weighted by molar-refractivity contribution is 0.104. The number of carbonyl (C=O) groups excluding carboxylic acids is 2. The van der Waals surface area contributed by atoms with Gasteiger partial charge in [0.2, 0.25) is 0 Å². The normalized spacial score (nSPS) is 11.1. The molecule has 0 aliphatic carbocycles. The van der Waals surface area contributed by atoms with Crippen LogP contribution in [-0.4, -0.2) is 26.4 Å². The van der Waals surface area contributed by atoms with Crippen LogP contribution in [0.2, 0.25) is 5.02 Å². The highest BCUT2D eigenvalue weighted by molar-refractivity contribution is 6.31. The minimum Gasteiger partial charge on any atom is -0.382 e. The predicted octanol–water partition coefficient (Wildman–Crippen LogP) is 5.10. The number of hydrogen-bond acceptors (Lipinski definition) is 5. The summed E-state index contributed by atoms with van der Waals surface area (Å²) in [5.74, 6) is -0.564. The summed E-state index contributed by atoms with van der Waals surface area (Å²) < 4.78 is 14.9. The molecular weight excluding hydrogens is 447 g/mol. The molecule has 2 amide bonds. The lowest BCUT2D eigenvalue weighted by Crippen LogP contribution is -2.19. The first kappa shape index (κ1) is 22.2. The molecule has 0 radical (unpaired) electrons. The summed E-state index contributed by atoms with van der Waals surface area (Å²) in [6.45, 7) is 3.98. The van der Waals surface area contributed by atoms with Crippen LogP contribution in [-0.2, 0) is 0 Å². The molecule has 2 aromatic carbocycles. The molecule has 33 heavy (non-hydrogen) atoms. The summed E-state index contributed by atoms with van der Waals surface area (Å²) in [5, 5.41) is 9.35. The highest BCUT2D eigenvalue weighted by atomic mass is 35.5. The molecule has 0 bridgehead atoms. The Hall–Kier alpha value is -3.98. The molecule has 0 fully saturated rings. The first-order valence-corrected chi connectivity index (χ1v) is 10.4. The van der Waals surface area contributed by atoms with E-state index in [2.05, 4.69) is 20.7 Å². The maximum Gasteiger partial charge on any atom is 0.323 e. The monoisotopic (exact) mass is 466 g/mol. The van der Waals surface area contributed by atoms with Gasteiger partial charge in [-0.1, -0.05) is 37.6 Å². The van der Waals surface area contributed by atoms with Crippen LogP contribution in [0.15, 0.2) is 54.9 Å². The van der Waals surface area contributed by atoms with Crippen LogP contribution in [0.4, 0.5) is 26.4 Å². The molecule has 4 N–H and O–H groups in total. The summed E-state index contributed by atoms with van der Waals surface area (Å²) in [4.78, 5) is 29.7. The second-order valence-corrected chi connectivity index (χ2v) is 8.07. The van der Waals surface area contributed by atoms with Gasteiger partial charge in [-0.2, -0.15) is 5.10 Å². The van der Waals surface area contributed by atoms with Crippen LogP contribution in [0.25, 0.3) is 5.52 Å². The summed E-state index contributed by atoms with van der Waals surface area (Å²) in [6.07, 6.45) is 1.35. The maximum absolute atomic E-state index is 13.3. The van der Waals surface area contributed by atoms with Gasteiger partial charge in [0.25, 0.3) is 0 Å². The third-order valence-corrected chi connectivity index (χ3v) is 5.30. The first-order valence-electron chi connectivity index (χ1n) is 10.0. The fraction of sp³-hybridized carbons (Fsp3) is 0.130. The van der Waals surface area contributed by atoms with E-state index in [0.29, 0.717) is 28.0 Å². The van der Waals surface area contributed by atoms with Crippen LogP contribution in [0.5, 0.6) is 0 Å². The summed E-state index contributed by atoms with van der Waals surface area (Å²) in [7, 11) is 0. The van der Waals surface area contributed by atoms with Crippen molar-refractivity contribution in [2.24, 2.45) is 0 Å². The average molecular weight is 467 g/mol. The number of anilines is 3. The molecular formula is C23H20ClFN6O2. The van der Waals surface area contributed by atoms with Gasteiger partial charge in [-0.15, -0.1) is 0 Å². The fourth-order valence-corrected chi connectivity index (χ4v) is 3.62. The van der Waals surface area contributed by atoms with Crippen LogP contribution in [0.3, 0.4) is 0 Å². The number of amides is 2. The Morgan fingerprint density at radius 2 is 1.82 bits per heavy atom. The number of nitrogens with one attached hydrogen (secondary N) is 2. The minimum atomic E-state index is -0.585. The van der Waals surface area contributed by atoms with Gasteiger partial charge in [0.1, 0.15) is 17.7 Å². The zero-order valence-electron chi connectivity index (χ0n) is 17.8. The molecule has 2 aromatic heterocycles. The Morgan fingerprint density at radius 1 is 1.09 bits per heavy atom. The Labute approximate surface area is 193 Å². The number of nitrogens with two attached hydrogens (primary N) is 1. The van der Waals surface area contributed by atoms with E-state index in [0.717, 1.165) is 11.8 Å². The van der Waals surface area contributed by atoms with E-state index in [9.17, 15) is 14.0 Å². The van der Waals surface area contributed by atoms with E-state index in [1.165, 1.54) is 18.5 Å². The number of nitrogens with zero attached hydrogens (tertiary/aromatic N) is 3. The Bertz CT molecular complexity index is 1380. The second-order valence-electron chi connectivity index (χ2n) is 7.66. The molecule has 0 unspecified atom stereocenters. The quantitative estimate of drug-likeness (QED) is 0.354. The van der Waals surface area contributed by atoms with E-state index in [4.69, 9.17) is 17.3 Å². The van der Waals surface area contributed by atoms with Gasteiger partial charge in [-0.05, 0) is 42.3 Å². The van der Waals surface area contributed by atoms with Crippen LogP contribution < -0.4 is 16.4 Å². The third-order valence-electron chi connectivity index (χ3n) is 5.01. The predicted molar refractivity (Wildman–Crippen MR) is 125 cm³/mol. The van der Waals surface area contributed by atoms with Gasteiger partial charge in [-0.3, -0.25) is 4.79 Å². The molecule has 0 atom stereocenters. The van der Waals surface area contributed by atoms with Crippen molar-refractivity contribution in [1.29, 1.82) is 0 Å². The van der Waals surface area contributed by atoms with Crippen molar-refractivity contribution in [2.45, 2.75) is 19.8 Å². The molecule has 0 aliphatic heterocycles. The number of rotatable bonds is 5. The van der Waals surface area contributed by atoms with Crippen molar-refractivity contribution in [3.63, 3.8) is 0 Å². The Morgan fingerprint density at radius 3 is 2.52 bits per heavy atom. The topological polar surface area (TPSA) is 114 Å². The molecule has 0 saturated heterocycles. The van der Waals surface area contributed by atoms with Gasteiger partial charge in [-0.25, -0.2) is 18.7 Å². The molecule has 0 spiro atoms. The number of fused-ring (bicyclic) bond motifs is 1. The smallest absolute Gasteiger partial charge is 0.323 e. The fourth-order valence-electron chi connectivity index (χ4n) is 3.44. The second kappa shape index (κ2) is 8.87. The number of ketones is 1. The number of carbonyl (C=O) groups is 2. The zero-order valence-corrected chi connectivity index (χ0v) is 18.5. The van der Waals surface area contributed by atoms with Crippen molar-refractivity contribution >= 4 is 46.1 Å². The maximum atomic E-state index is 13.3. The van der Waals surface area contributed by atoms with Crippen molar-refractivity contribution in [1.82, 2.24) is 14.6 Å². The lowest BCUT2D eigenvalue weighted by Gasteiger charge is -2.09. The van der Waals surface area contributed by atoms with Gasteiger partial charge in [0.15, 0.2) is 11.6 Å². The number of urea groups is 1. The molecule has 4 rings (SSSR count). The molecule has 0 aliphatic rings. The molecule has 10 heteroatoms. The third kappa shape index (κ3) is 4.49. The number of aromatic nitrogens is 3. The van der Waals surface area contributed by atoms with E-state index in [-0.39, 0.29) is 22.5 Å². The van der Waals surface area contributed by atoms with Crippen molar-refractivity contribution in [2.75, 3.05) is 16.4 Å². The summed E-state index contributed by atoms with van der Waals surface area (Å²) in [5.41, 5.74) is 8.76. The summed E-state index contributed by atoms with van der Waals surface area (Å²) in [6, 6.07) is 11.5. The number of halogens is 2. The van der Waals surface area contributed by atoms with Crippen molar-refractivity contribution in [3.8, 4) is 0 Å². The molecule has 2 heterocycles. The van der Waals surface area contributed by atoms with E-state index in [1.54, 1.807) is 34.8 Å². The largest absolute Gasteiger partial charge is 0.382 e. The van der Waals surface area contributed by atoms with E-state index in [1.807, 2.05) is 13.8 Å².